The monoisotopic (exact) mass is 255 g/mol. The second kappa shape index (κ2) is 6.18. The van der Waals surface area contributed by atoms with Crippen LogP contribution in [0.3, 0.4) is 0 Å². The summed E-state index contributed by atoms with van der Waals surface area (Å²) in [6.45, 7) is 4.47. The lowest BCUT2D eigenvalue weighted by molar-refractivity contribution is -0.899. The number of amides is 1. The van der Waals surface area contributed by atoms with Crippen LogP contribution in [-0.2, 0) is 14.3 Å². The van der Waals surface area contributed by atoms with Gasteiger partial charge in [0, 0.05) is 6.04 Å². The van der Waals surface area contributed by atoms with E-state index in [2.05, 4.69) is 5.32 Å². The number of piperidine rings is 1. The Hall–Kier alpha value is -1.10. The average molecular weight is 255 g/mol. The minimum Gasteiger partial charge on any atom is -0.466 e. The van der Waals surface area contributed by atoms with E-state index in [-0.39, 0.29) is 17.8 Å². The molecular weight excluding hydrogens is 232 g/mol. The van der Waals surface area contributed by atoms with E-state index in [0.717, 1.165) is 38.8 Å². The number of hydrogen-bond acceptors (Lipinski definition) is 3. The van der Waals surface area contributed by atoms with Crippen LogP contribution < -0.4 is 10.2 Å². The number of carbonyl (C=O) groups excluding carboxylic acids is 2. The van der Waals surface area contributed by atoms with Crippen LogP contribution in [0.1, 0.15) is 32.6 Å². The number of esters is 1. The number of rotatable bonds is 5. The van der Waals surface area contributed by atoms with E-state index in [1.807, 2.05) is 6.92 Å². The molecule has 2 fully saturated rings. The summed E-state index contributed by atoms with van der Waals surface area (Å²) in [6, 6.07) is 0.419. The number of likely N-dealkylation sites (tertiary alicyclic amines) is 1. The summed E-state index contributed by atoms with van der Waals surface area (Å²) in [7, 11) is 0. The van der Waals surface area contributed by atoms with Crippen molar-refractivity contribution in [1.29, 1.82) is 0 Å². The average Bonchev–Trinajstić information content (AvgIpc) is 3.13. The van der Waals surface area contributed by atoms with Crippen molar-refractivity contribution in [3.63, 3.8) is 0 Å². The summed E-state index contributed by atoms with van der Waals surface area (Å²) in [5.41, 5.74) is 0. The molecule has 0 radical (unpaired) electrons. The molecular formula is C13H23N2O3+. The summed E-state index contributed by atoms with van der Waals surface area (Å²) >= 11 is 0. The molecule has 1 heterocycles. The van der Waals surface area contributed by atoms with Crippen LogP contribution in [0.5, 0.6) is 0 Å². The van der Waals surface area contributed by atoms with Crippen LogP contribution >= 0.6 is 0 Å². The lowest BCUT2D eigenvalue weighted by Crippen LogP contribution is -3.14. The predicted molar refractivity (Wildman–Crippen MR) is 66.1 cm³/mol. The van der Waals surface area contributed by atoms with Gasteiger partial charge in [-0.3, -0.25) is 9.59 Å². The van der Waals surface area contributed by atoms with Crippen LogP contribution in [0.25, 0.3) is 0 Å². The van der Waals surface area contributed by atoms with Crippen LogP contribution in [0.15, 0.2) is 0 Å². The highest BCUT2D eigenvalue weighted by molar-refractivity contribution is 5.77. The van der Waals surface area contributed by atoms with Crippen LogP contribution in [0.2, 0.25) is 0 Å². The highest BCUT2D eigenvalue weighted by Gasteiger charge is 2.31. The molecule has 2 aliphatic rings. The van der Waals surface area contributed by atoms with Gasteiger partial charge in [-0.25, -0.2) is 0 Å². The molecule has 1 aliphatic carbocycles. The highest BCUT2D eigenvalue weighted by atomic mass is 16.5. The van der Waals surface area contributed by atoms with Gasteiger partial charge in [0.1, 0.15) is 5.92 Å². The minimum absolute atomic E-state index is 0.0255. The van der Waals surface area contributed by atoms with Crippen LogP contribution in [-0.4, -0.2) is 44.2 Å². The van der Waals surface area contributed by atoms with Crippen molar-refractivity contribution in [2.75, 3.05) is 26.2 Å². The second-order valence-corrected chi connectivity index (χ2v) is 5.31. The van der Waals surface area contributed by atoms with Crippen molar-refractivity contribution in [2.45, 2.75) is 38.6 Å². The summed E-state index contributed by atoms with van der Waals surface area (Å²) in [4.78, 5) is 24.6. The van der Waals surface area contributed by atoms with Gasteiger partial charge in [0.25, 0.3) is 5.91 Å². The Morgan fingerprint density at radius 1 is 1.33 bits per heavy atom. The van der Waals surface area contributed by atoms with E-state index in [1.54, 1.807) is 0 Å². The number of nitrogens with one attached hydrogen (secondary N) is 2. The van der Waals surface area contributed by atoms with Crippen molar-refractivity contribution in [3.05, 3.63) is 0 Å². The molecule has 0 aromatic heterocycles. The molecule has 0 aromatic carbocycles. The molecule has 0 aromatic rings. The van der Waals surface area contributed by atoms with E-state index in [1.165, 1.54) is 4.90 Å². The third kappa shape index (κ3) is 3.98. The van der Waals surface area contributed by atoms with Crippen LogP contribution in [0.4, 0.5) is 0 Å². The zero-order valence-corrected chi connectivity index (χ0v) is 11.0. The molecule has 1 unspecified atom stereocenters. The fraction of sp³-hybridized carbons (Fsp3) is 0.846. The molecule has 18 heavy (non-hydrogen) atoms. The van der Waals surface area contributed by atoms with E-state index in [0.29, 0.717) is 19.2 Å². The van der Waals surface area contributed by atoms with Crippen molar-refractivity contribution in [3.8, 4) is 0 Å². The minimum atomic E-state index is -0.0997. The quantitative estimate of drug-likeness (QED) is 0.627. The summed E-state index contributed by atoms with van der Waals surface area (Å²) in [5, 5.41) is 2.99. The molecule has 5 heteroatoms. The van der Waals surface area contributed by atoms with Gasteiger partial charge in [0.05, 0.1) is 19.7 Å². The van der Waals surface area contributed by atoms with E-state index in [9.17, 15) is 9.59 Å². The van der Waals surface area contributed by atoms with Crippen molar-refractivity contribution in [2.24, 2.45) is 5.92 Å². The van der Waals surface area contributed by atoms with Gasteiger partial charge in [0.15, 0.2) is 6.54 Å². The molecule has 1 saturated heterocycles. The van der Waals surface area contributed by atoms with Crippen molar-refractivity contribution >= 4 is 11.9 Å². The Kier molecular flexibility index (Phi) is 4.58. The first-order valence-electron chi connectivity index (χ1n) is 6.98. The van der Waals surface area contributed by atoms with Crippen molar-refractivity contribution in [1.82, 2.24) is 5.32 Å². The first-order valence-corrected chi connectivity index (χ1v) is 6.98. The third-order valence-corrected chi connectivity index (χ3v) is 3.59. The maximum Gasteiger partial charge on any atom is 0.314 e. The zero-order chi connectivity index (χ0) is 13.0. The number of carbonyl (C=O) groups is 2. The lowest BCUT2D eigenvalue weighted by atomic mass is 9.98. The molecule has 2 N–H and O–H groups in total. The molecule has 0 spiro atoms. The second-order valence-electron chi connectivity index (χ2n) is 5.31. The number of quaternary nitrogens is 1. The van der Waals surface area contributed by atoms with Crippen molar-refractivity contribution < 1.29 is 19.2 Å². The maximum absolute atomic E-state index is 11.7. The summed E-state index contributed by atoms with van der Waals surface area (Å²) in [6.07, 6.45) is 4.13. The predicted octanol–water partition coefficient (Wildman–Crippen LogP) is -0.877. The fourth-order valence-electron chi connectivity index (χ4n) is 2.51. The van der Waals surface area contributed by atoms with Gasteiger partial charge in [-0.1, -0.05) is 0 Å². The first kappa shape index (κ1) is 13.3. The van der Waals surface area contributed by atoms with Crippen LogP contribution in [0, 0.1) is 5.92 Å². The third-order valence-electron chi connectivity index (χ3n) is 3.59. The summed E-state index contributed by atoms with van der Waals surface area (Å²) < 4.78 is 5.06. The molecule has 1 amide bonds. The molecule has 5 nitrogen and oxygen atoms in total. The number of hydrogen-bond donors (Lipinski definition) is 2. The van der Waals surface area contributed by atoms with E-state index < -0.39 is 0 Å². The topological polar surface area (TPSA) is 59.8 Å². The molecule has 1 saturated carbocycles. The summed E-state index contributed by atoms with van der Waals surface area (Å²) in [5.74, 6) is -0.00302. The van der Waals surface area contributed by atoms with Gasteiger partial charge >= 0.3 is 5.97 Å². The highest BCUT2D eigenvalue weighted by Crippen LogP contribution is 2.18. The molecule has 0 bridgehead atoms. The maximum atomic E-state index is 11.7. The Morgan fingerprint density at radius 2 is 2.11 bits per heavy atom. The van der Waals surface area contributed by atoms with Gasteiger partial charge in [-0.15, -0.1) is 0 Å². The van der Waals surface area contributed by atoms with Gasteiger partial charge in [-0.2, -0.15) is 0 Å². The standard InChI is InChI=1S/C13H22N2O3/c1-2-18-13(17)10-4-3-7-15(8-10)9-12(16)14-11-5-6-11/h10-11H,2-9H2,1H3,(H,14,16)/p+1/t10-/m1/s1. The lowest BCUT2D eigenvalue weighted by Gasteiger charge is -2.28. The zero-order valence-electron chi connectivity index (χ0n) is 11.0. The SMILES string of the molecule is CCOC(=O)[C@@H]1CCC[NH+](CC(=O)NC2CC2)C1. The Balaban J connectivity index is 1.74. The van der Waals surface area contributed by atoms with Gasteiger partial charge in [-0.05, 0) is 32.6 Å². The molecule has 1 aliphatic heterocycles. The Labute approximate surface area is 108 Å². The molecule has 2 rings (SSSR count). The Bertz CT molecular complexity index is 315. The molecule has 102 valence electrons. The fourth-order valence-corrected chi connectivity index (χ4v) is 2.51. The first-order chi connectivity index (χ1) is 8.69. The van der Waals surface area contributed by atoms with Gasteiger partial charge in [0.2, 0.25) is 0 Å². The van der Waals surface area contributed by atoms with Gasteiger partial charge < -0.3 is 15.0 Å². The normalized spacial score (nSPS) is 27.6. The van der Waals surface area contributed by atoms with E-state index >= 15 is 0 Å². The van der Waals surface area contributed by atoms with E-state index in [4.69, 9.17) is 4.74 Å². The largest absolute Gasteiger partial charge is 0.466 e. The smallest absolute Gasteiger partial charge is 0.314 e. The molecule has 2 atom stereocenters. The number of ether oxygens (including phenoxy) is 1. The Morgan fingerprint density at radius 3 is 2.78 bits per heavy atom.